The summed E-state index contributed by atoms with van der Waals surface area (Å²) < 4.78 is 14.0. The Balaban J connectivity index is 1.94. The van der Waals surface area contributed by atoms with Crippen molar-refractivity contribution in [2.24, 2.45) is 5.73 Å². The summed E-state index contributed by atoms with van der Waals surface area (Å²) in [7, 11) is 0. The molecular formula is C20H17FN2O2S. The first-order valence-electron chi connectivity index (χ1n) is 7.92. The molecule has 0 bridgehead atoms. The van der Waals surface area contributed by atoms with Crippen molar-refractivity contribution in [3.63, 3.8) is 0 Å². The van der Waals surface area contributed by atoms with Gasteiger partial charge in [-0.05, 0) is 43.0 Å². The van der Waals surface area contributed by atoms with Crippen molar-refractivity contribution >= 4 is 28.8 Å². The van der Waals surface area contributed by atoms with Crippen LogP contribution < -0.4 is 11.1 Å². The molecule has 4 nitrogen and oxygen atoms in total. The summed E-state index contributed by atoms with van der Waals surface area (Å²) in [4.78, 5) is 24.6. The summed E-state index contributed by atoms with van der Waals surface area (Å²) in [5.41, 5.74) is 8.56. The summed E-state index contributed by atoms with van der Waals surface area (Å²) in [6.07, 6.45) is 0. The van der Waals surface area contributed by atoms with E-state index >= 15 is 0 Å². The van der Waals surface area contributed by atoms with E-state index in [1.54, 1.807) is 0 Å². The summed E-state index contributed by atoms with van der Waals surface area (Å²) in [6.45, 7) is 3.53. The van der Waals surface area contributed by atoms with Gasteiger partial charge in [0.15, 0.2) is 0 Å². The smallest absolute Gasteiger partial charge is 0.266 e. The van der Waals surface area contributed by atoms with Crippen LogP contribution in [0.15, 0.2) is 47.8 Å². The standard InChI is InChI=1S/C20H17FN2O2S/c1-11-3-5-13(6-4-11)15-7-8-26-18(15)20(25)23-17-10-14(19(22)24)9-16(21)12(17)2/h3-10H,1-2H3,(H2,22,24)(H,23,25). The molecule has 0 unspecified atom stereocenters. The van der Waals surface area contributed by atoms with Gasteiger partial charge in [0.25, 0.3) is 5.91 Å². The molecule has 0 fully saturated rings. The Kier molecular flexibility index (Phi) is 4.86. The van der Waals surface area contributed by atoms with Gasteiger partial charge in [0.1, 0.15) is 5.82 Å². The average Bonchev–Trinajstić information content (AvgIpc) is 3.09. The number of hydrogen-bond acceptors (Lipinski definition) is 3. The van der Waals surface area contributed by atoms with E-state index in [1.165, 1.54) is 24.3 Å². The second-order valence-corrected chi connectivity index (χ2v) is 6.89. The maximum Gasteiger partial charge on any atom is 0.266 e. The molecule has 0 aliphatic carbocycles. The number of amides is 2. The lowest BCUT2D eigenvalue weighted by Gasteiger charge is -2.11. The van der Waals surface area contributed by atoms with E-state index < -0.39 is 11.7 Å². The maximum atomic E-state index is 14.0. The van der Waals surface area contributed by atoms with E-state index in [9.17, 15) is 14.0 Å². The fraction of sp³-hybridized carbons (Fsp3) is 0.100. The van der Waals surface area contributed by atoms with Gasteiger partial charge in [0.2, 0.25) is 5.91 Å². The van der Waals surface area contributed by atoms with Crippen LogP contribution in [0.3, 0.4) is 0 Å². The Hall–Kier alpha value is -2.99. The third-order valence-electron chi connectivity index (χ3n) is 4.11. The molecule has 0 saturated heterocycles. The van der Waals surface area contributed by atoms with Crippen LogP contribution in [0.1, 0.15) is 31.2 Å². The van der Waals surface area contributed by atoms with Crippen LogP contribution in [0.4, 0.5) is 10.1 Å². The first-order chi connectivity index (χ1) is 12.4. The van der Waals surface area contributed by atoms with Gasteiger partial charge in [-0.1, -0.05) is 29.8 Å². The second kappa shape index (κ2) is 7.09. The highest BCUT2D eigenvalue weighted by Gasteiger charge is 2.18. The molecule has 0 atom stereocenters. The number of thiophene rings is 1. The Labute approximate surface area is 154 Å². The van der Waals surface area contributed by atoms with E-state index in [1.807, 2.05) is 42.6 Å². The number of primary amides is 1. The number of anilines is 1. The monoisotopic (exact) mass is 368 g/mol. The fourth-order valence-electron chi connectivity index (χ4n) is 2.58. The Morgan fingerprint density at radius 3 is 2.42 bits per heavy atom. The molecule has 3 rings (SSSR count). The van der Waals surface area contributed by atoms with Crippen molar-refractivity contribution in [1.82, 2.24) is 0 Å². The zero-order valence-electron chi connectivity index (χ0n) is 14.3. The maximum absolute atomic E-state index is 14.0. The van der Waals surface area contributed by atoms with E-state index in [-0.39, 0.29) is 22.7 Å². The van der Waals surface area contributed by atoms with Gasteiger partial charge in [0, 0.05) is 22.4 Å². The largest absolute Gasteiger partial charge is 0.366 e. The molecule has 3 N–H and O–H groups in total. The molecule has 132 valence electrons. The first-order valence-corrected chi connectivity index (χ1v) is 8.80. The highest BCUT2D eigenvalue weighted by Crippen LogP contribution is 2.30. The van der Waals surface area contributed by atoms with Crippen LogP contribution in [0.25, 0.3) is 11.1 Å². The normalized spacial score (nSPS) is 10.6. The number of nitrogens with one attached hydrogen (secondary N) is 1. The number of halogens is 1. The molecule has 1 heterocycles. The summed E-state index contributed by atoms with van der Waals surface area (Å²) in [5, 5.41) is 4.52. The summed E-state index contributed by atoms with van der Waals surface area (Å²) in [6, 6.07) is 12.2. The van der Waals surface area contributed by atoms with Crippen LogP contribution in [0.5, 0.6) is 0 Å². The van der Waals surface area contributed by atoms with Crippen molar-refractivity contribution in [3.8, 4) is 11.1 Å². The number of benzene rings is 2. The van der Waals surface area contributed by atoms with E-state index in [0.29, 0.717) is 4.88 Å². The number of hydrogen-bond donors (Lipinski definition) is 2. The average molecular weight is 368 g/mol. The molecule has 0 radical (unpaired) electrons. The van der Waals surface area contributed by atoms with Crippen molar-refractivity contribution < 1.29 is 14.0 Å². The number of aryl methyl sites for hydroxylation is 1. The SMILES string of the molecule is Cc1ccc(-c2ccsc2C(=O)Nc2cc(C(N)=O)cc(F)c2C)cc1. The van der Waals surface area contributed by atoms with Gasteiger partial charge in [-0.3, -0.25) is 9.59 Å². The number of carbonyl (C=O) groups is 2. The van der Waals surface area contributed by atoms with Crippen LogP contribution in [0.2, 0.25) is 0 Å². The third kappa shape index (κ3) is 3.50. The van der Waals surface area contributed by atoms with E-state index in [0.717, 1.165) is 22.8 Å². The minimum atomic E-state index is -0.754. The number of nitrogens with two attached hydrogens (primary N) is 1. The minimum Gasteiger partial charge on any atom is -0.366 e. The van der Waals surface area contributed by atoms with Crippen molar-refractivity contribution in [1.29, 1.82) is 0 Å². The van der Waals surface area contributed by atoms with Gasteiger partial charge in [-0.25, -0.2) is 4.39 Å². The third-order valence-corrected chi connectivity index (χ3v) is 5.02. The van der Waals surface area contributed by atoms with Gasteiger partial charge >= 0.3 is 0 Å². The predicted molar refractivity (Wildman–Crippen MR) is 102 cm³/mol. The van der Waals surface area contributed by atoms with Crippen LogP contribution in [-0.4, -0.2) is 11.8 Å². The van der Waals surface area contributed by atoms with Crippen LogP contribution in [0, 0.1) is 19.7 Å². The van der Waals surface area contributed by atoms with Gasteiger partial charge in [0.05, 0.1) is 4.88 Å². The van der Waals surface area contributed by atoms with E-state index in [4.69, 9.17) is 5.73 Å². The molecule has 2 amide bonds. The fourth-order valence-corrected chi connectivity index (χ4v) is 3.39. The molecule has 3 aromatic rings. The quantitative estimate of drug-likeness (QED) is 0.710. The Bertz CT molecular complexity index is 994. The number of carbonyl (C=O) groups excluding carboxylic acids is 2. The molecule has 0 aliphatic heterocycles. The topological polar surface area (TPSA) is 72.2 Å². The molecule has 26 heavy (non-hydrogen) atoms. The van der Waals surface area contributed by atoms with E-state index in [2.05, 4.69) is 5.32 Å². The Morgan fingerprint density at radius 2 is 1.77 bits per heavy atom. The lowest BCUT2D eigenvalue weighted by molar-refractivity contribution is 0.0996. The lowest BCUT2D eigenvalue weighted by atomic mass is 10.0. The predicted octanol–water partition coefficient (Wildman–Crippen LogP) is 4.52. The van der Waals surface area contributed by atoms with Gasteiger partial charge in [-0.2, -0.15) is 0 Å². The van der Waals surface area contributed by atoms with Crippen molar-refractivity contribution in [3.05, 3.63) is 75.2 Å². The van der Waals surface area contributed by atoms with Crippen LogP contribution >= 0.6 is 11.3 Å². The minimum absolute atomic E-state index is 0.00772. The summed E-state index contributed by atoms with van der Waals surface area (Å²) >= 11 is 1.30. The molecule has 1 aromatic heterocycles. The molecule has 0 saturated carbocycles. The molecule has 2 aromatic carbocycles. The van der Waals surface area contributed by atoms with Crippen molar-refractivity contribution in [2.75, 3.05) is 5.32 Å². The van der Waals surface area contributed by atoms with Gasteiger partial charge in [-0.15, -0.1) is 11.3 Å². The Morgan fingerprint density at radius 1 is 1.08 bits per heavy atom. The zero-order chi connectivity index (χ0) is 18.8. The molecule has 0 aliphatic rings. The molecular weight excluding hydrogens is 351 g/mol. The summed E-state index contributed by atoms with van der Waals surface area (Å²) in [5.74, 6) is -1.71. The first kappa shape index (κ1) is 17.8. The van der Waals surface area contributed by atoms with Crippen LogP contribution in [-0.2, 0) is 0 Å². The highest BCUT2D eigenvalue weighted by atomic mass is 32.1. The highest BCUT2D eigenvalue weighted by molar-refractivity contribution is 7.12. The zero-order valence-corrected chi connectivity index (χ0v) is 15.1. The molecule has 0 spiro atoms. The lowest BCUT2D eigenvalue weighted by Crippen LogP contribution is -2.16. The van der Waals surface area contributed by atoms with Crippen molar-refractivity contribution in [2.45, 2.75) is 13.8 Å². The molecule has 6 heteroatoms. The number of rotatable bonds is 4. The van der Waals surface area contributed by atoms with Gasteiger partial charge < -0.3 is 11.1 Å². The second-order valence-electron chi connectivity index (χ2n) is 5.98.